The maximum atomic E-state index is 13.2. The average molecular weight is 710 g/mol. The number of carbonyl (C=O) groups is 1. The second-order valence-electron chi connectivity index (χ2n) is 11.9. The van der Waals surface area contributed by atoms with Crippen LogP contribution in [0.25, 0.3) is 0 Å². The van der Waals surface area contributed by atoms with E-state index in [2.05, 4.69) is 26.8 Å². The largest absolute Gasteiger partial charge is 0.497 e. The van der Waals surface area contributed by atoms with Gasteiger partial charge in [-0.1, -0.05) is 36.1 Å². The first-order chi connectivity index (χ1) is 26.4. The van der Waals surface area contributed by atoms with Crippen LogP contribution in [0.5, 0.6) is 28.7 Å². The quantitative estimate of drug-likeness (QED) is 0.0835. The Morgan fingerprint density at radius 1 is 0.556 bits per heavy atom. The molecule has 0 radical (unpaired) electrons. The van der Waals surface area contributed by atoms with Crippen molar-refractivity contribution in [1.82, 2.24) is 9.97 Å². The van der Waals surface area contributed by atoms with Gasteiger partial charge < -0.3 is 19.2 Å². The van der Waals surface area contributed by atoms with Crippen LogP contribution in [0.4, 0.5) is 5.69 Å². The molecule has 54 heavy (non-hydrogen) atoms. The highest BCUT2D eigenvalue weighted by molar-refractivity contribution is 6.14. The molecule has 0 spiro atoms. The number of ketones is 1. The summed E-state index contributed by atoms with van der Waals surface area (Å²) < 4.78 is 17.5. The average Bonchev–Trinajstić information content (AvgIpc) is 3.21. The molecular weight excluding hydrogens is 679 g/mol. The molecule has 262 valence electrons. The predicted octanol–water partition coefficient (Wildman–Crippen LogP) is 8.46. The third kappa shape index (κ3) is 8.60. The molecule has 1 aromatic heterocycles. The van der Waals surface area contributed by atoms with Gasteiger partial charge in [0, 0.05) is 45.6 Å². The minimum absolute atomic E-state index is 0.0505. The highest BCUT2D eigenvalue weighted by Gasteiger charge is 2.12. The fraction of sp³-hybridized carbons (Fsp3) is 0.0222. The van der Waals surface area contributed by atoms with Gasteiger partial charge in [0.1, 0.15) is 34.4 Å². The number of H-pyrrole nitrogens is 2. The Morgan fingerprint density at radius 3 is 1.59 bits per heavy atom. The van der Waals surface area contributed by atoms with E-state index in [1.807, 2.05) is 84.9 Å². The molecule has 0 saturated heterocycles. The molecule has 7 aromatic rings. The van der Waals surface area contributed by atoms with Gasteiger partial charge in [-0.2, -0.15) is 0 Å². The highest BCUT2D eigenvalue weighted by Crippen LogP contribution is 2.30. The molecule has 0 bridgehead atoms. The number of aliphatic imine (C=N–C) groups is 1. The van der Waals surface area contributed by atoms with E-state index in [9.17, 15) is 14.4 Å². The molecular formula is C45H31N3O6. The van der Waals surface area contributed by atoms with Crippen LogP contribution in [-0.4, -0.2) is 28.6 Å². The van der Waals surface area contributed by atoms with Gasteiger partial charge in [0.05, 0.1) is 12.8 Å². The Balaban J connectivity index is 1.02. The topological polar surface area (TPSA) is 123 Å². The van der Waals surface area contributed by atoms with E-state index in [0.717, 1.165) is 16.7 Å². The van der Waals surface area contributed by atoms with Gasteiger partial charge in [-0.3, -0.25) is 14.6 Å². The van der Waals surface area contributed by atoms with Crippen LogP contribution in [0.1, 0.15) is 38.2 Å². The number of aromatic nitrogens is 2. The Hall–Kier alpha value is -7.70. The van der Waals surface area contributed by atoms with Gasteiger partial charge in [0.15, 0.2) is 5.78 Å². The van der Waals surface area contributed by atoms with Crippen molar-refractivity contribution >= 4 is 17.2 Å². The van der Waals surface area contributed by atoms with Crippen LogP contribution in [-0.2, 0) is 0 Å². The van der Waals surface area contributed by atoms with E-state index < -0.39 is 11.2 Å². The minimum Gasteiger partial charge on any atom is -0.497 e. The zero-order valence-electron chi connectivity index (χ0n) is 28.9. The Labute approximate surface area is 310 Å². The van der Waals surface area contributed by atoms with Crippen LogP contribution < -0.4 is 25.5 Å². The van der Waals surface area contributed by atoms with Crippen molar-refractivity contribution < 1.29 is 19.0 Å². The lowest BCUT2D eigenvalue weighted by Gasteiger charge is -2.11. The molecule has 9 heteroatoms. The van der Waals surface area contributed by atoms with Gasteiger partial charge in [0.25, 0.3) is 5.56 Å². The molecule has 0 atom stereocenters. The number of hydrogen-bond donors (Lipinski definition) is 2. The zero-order valence-corrected chi connectivity index (χ0v) is 28.9. The van der Waals surface area contributed by atoms with Gasteiger partial charge in [-0.05, 0) is 121 Å². The maximum absolute atomic E-state index is 13.2. The van der Waals surface area contributed by atoms with Gasteiger partial charge >= 0.3 is 5.69 Å². The van der Waals surface area contributed by atoms with Gasteiger partial charge in [-0.15, -0.1) is 0 Å². The van der Waals surface area contributed by atoms with Crippen molar-refractivity contribution in [3.63, 3.8) is 0 Å². The third-order valence-corrected chi connectivity index (χ3v) is 8.19. The number of nitrogens with one attached hydrogen (secondary N) is 2. The molecule has 0 aliphatic heterocycles. The van der Waals surface area contributed by atoms with Crippen LogP contribution in [0, 0.1) is 11.8 Å². The number of benzene rings is 6. The number of nitrogens with zero attached hydrogens (tertiary/aromatic N) is 1. The van der Waals surface area contributed by atoms with Crippen LogP contribution in [0.3, 0.4) is 0 Å². The fourth-order valence-corrected chi connectivity index (χ4v) is 5.42. The van der Waals surface area contributed by atoms with Crippen LogP contribution in [0.15, 0.2) is 172 Å². The van der Waals surface area contributed by atoms with Crippen molar-refractivity contribution in [2.75, 3.05) is 7.11 Å². The summed E-state index contributed by atoms with van der Waals surface area (Å²) in [5, 5.41) is 0. The van der Waals surface area contributed by atoms with Crippen molar-refractivity contribution in [3.8, 4) is 40.6 Å². The lowest BCUT2D eigenvalue weighted by Crippen LogP contribution is -2.21. The standard InChI is InChI=1S/C45H31N3O6/c1-52-36-22-16-32(17-23-36)42(47-41-29-46-45(51)48-44(41)50)33-18-24-37(25-19-33)53-39-8-5-9-40(28-39)54-38-26-20-35(21-27-38)43(49)34-14-12-31(13-15-34)11-10-30-6-3-2-4-7-30/h2-9,12-29H,1H3,(H2,46,48,50,51). The number of ether oxygens (including phenoxy) is 3. The highest BCUT2D eigenvalue weighted by atomic mass is 16.5. The molecule has 2 N–H and O–H groups in total. The van der Waals surface area contributed by atoms with E-state index in [1.165, 1.54) is 6.20 Å². The normalized spacial score (nSPS) is 10.9. The van der Waals surface area contributed by atoms with E-state index in [-0.39, 0.29) is 11.5 Å². The molecule has 0 saturated carbocycles. The summed E-state index contributed by atoms with van der Waals surface area (Å²) in [5.74, 6) is 9.05. The summed E-state index contributed by atoms with van der Waals surface area (Å²) in [4.78, 5) is 46.4. The van der Waals surface area contributed by atoms with Crippen molar-refractivity contribution in [1.29, 1.82) is 0 Å². The Bertz CT molecular complexity index is 2620. The predicted molar refractivity (Wildman–Crippen MR) is 208 cm³/mol. The molecule has 0 aliphatic rings. The summed E-state index contributed by atoms with van der Waals surface area (Å²) >= 11 is 0. The first-order valence-electron chi connectivity index (χ1n) is 16.8. The van der Waals surface area contributed by atoms with E-state index in [0.29, 0.717) is 51.1 Å². The number of hydrogen-bond acceptors (Lipinski definition) is 7. The SMILES string of the molecule is COc1ccc(C(=Nc2c[nH]c(=O)[nH]c2=O)c2ccc(Oc3cccc(Oc4ccc(C(=O)c5ccc(C#Cc6ccccc6)cc5)cc4)c3)cc2)cc1. The van der Waals surface area contributed by atoms with Crippen molar-refractivity contribution in [2.45, 2.75) is 0 Å². The summed E-state index contributed by atoms with van der Waals surface area (Å²) in [6.07, 6.45) is 1.27. The number of aromatic amines is 2. The van der Waals surface area contributed by atoms with Crippen LogP contribution >= 0.6 is 0 Å². The maximum Gasteiger partial charge on any atom is 0.325 e. The second-order valence-corrected chi connectivity index (χ2v) is 11.9. The summed E-state index contributed by atoms with van der Waals surface area (Å²) in [6, 6.07) is 45.7. The van der Waals surface area contributed by atoms with Crippen LogP contribution in [0.2, 0.25) is 0 Å². The molecule has 7 rings (SSSR count). The summed E-state index contributed by atoms with van der Waals surface area (Å²) in [7, 11) is 1.58. The molecule has 0 aliphatic carbocycles. The molecule has 0 amide bonds. The smallest absolute Gasteiger partial charge is 0.325 e. The minimum atomic E-state index is -0.616. The second kappa shape index (κ2) is 16.1. The monoisotopic (exact) mass is 709 g/mol. The van der Waals surface area contributed by atoms with Crippen molar-refractivity contribution in [3.05, 3.63) is 212 Å². The Morgan fingerprint density at radius 2 is 1.06 bits per heavy atom. The number of methoxy groups -OCH3 is 1. The van der Waals surface area contributed by atoms with Gasteiger partial charge in [0.2, 0.25) is 0 Å². The number of carbonyl (C=O) groups excluding carboxylic acids is 1. The zero-order chi connectivity index (χ0) is 37.3. The molecule has 6 aromatic carbocycles. The summed E-state index contributed by atoms with van der Waals surface area (Å²) in [5.41, 5.74) is 3.64. The van der Waals surface area contributed by atoms with E-state index >= 15 is 0 Å². The molecule has 0 unspecified atom stereocenters. The lowest BCUT2D eigenvalue weighted by atomic mass is 10.0. The van der Waals surface area contributed by atoms with Gasteiger partial charge in [-0.25, -0.2) is 9.79 Å². The molecule has 1 heterocycles. The Kier molecular flexibility index (Phi) is 10.4. The third-order valence-electron chi connectivity index (χ3n) is 8.19. The first kappa shape index (κ1) is 34.7. The fourth-order valence-electron chi connectivity index (χ4n) is 5.42. The first-order valence-corrected chi connectivity index (χ1v) is 16.8. The number of rotatable bonds is 10. The summed E-state index contributed by atoms with van der Waals surface area (Å²) in [6.45, 7) is 0. The van der Waals surface area contributed by atoms with E-state index in [1.54, 1.807) is 73.8 Å². The van der Waals surface area contributed by atoms with Crippen molar-refractivity contribution in [2.24, 2.45) is 4.99 Å². The van der Waals surface area contributed by atoms with E-state index in [4.69, 9.17) is 14.2 Å². The lowest BCUT2D eigenvalue weighted by molar-refractivity contribution is 0.103. The molecule has 9 nitrogen and oxygen atoms in total. The molecule has 0 fully saturated rings.